The predicted molar refractivity (Wildman–Crippen MR) is 156 cm³/mol. The molecule has 1 saturated heterocycles. The molecule has 3 N–H and O–H groups in total. The minimum Gasteiger partial charge on any atom is -0.481 e. The van der Waals surface area contributed by atoms with Gasteiger partial charge in [-0.1, -0.05) is 45.0 Å². The van der Waals surface area contributed by atoms with Crippen LogP contribution in [0.15, 0.2) is 24.3 Å². The molecule has 1 aliphatic heterocycles. The molecule has 0 radical (unpaired) electrons. The largest absolute Gasteiger partial charge is 0.481 e. The Bertz CT molecular complexity index is 1200. The van der Waals surface area contributed by atoms with Crippen LogP contribution < -0.4 is 10.6 Å². The standard InChI is InChI=1S/C31H46N4O7/c1-18(34(8)29(41)42-31(5,6)7)25(36)33-24(30(2,3)4)27(38)35-17-20(28(39)40)16-23(35)26(37)32-22-15-11-13-19-12-9-10-14-21(19)22/h9-10,12,14,18,20,22-24H,11,13,15-17H2,1-8H3,(H,32,37)(H,33,36)(H,39,40)/t18-,20-,22+,23-,24+/m0/s1. The van der Waals surface area contributed by atoms with Gasteiger partial charge in [0.15, 0.2) is 0 Å². The number of amides is 4. The molecule has 232 valence electrons. The summed E-state index contributed by atoms with van der Waals surface area (Å²) in [6.45, 7) is 11.9. The first-order chi connectivity index (χ1) is 19.4. The van der Waals surface area contributed by atoms with Crippen molar-refractivity contribution in [3.63, 3.8) is 0 Å². The van der Waals surface area contributed by atoms with Crippen LogP contribution in [-0.4, -0.2) is 82.0 Å². The number of nitrogens with zero attached hydrogens (tertiary/aromatic N) is 2. The van der Waals surface area contributed by atoms with Gasteiger partial charge >= 0.3 is 12.1 Å². The lowest BCUT2D eigenvalue weighted by molar-refractivity contribution is -0.145. The molecule has 1 aliphatic carbocycles. The fourth-order valence-corrected chi connectivity index (χ4v) is 5.42. The third-order valence-electron chi connectivity index (χ3n) is 7.96. The highest BCUT2D eigenvalue weighted by atomic mass is 16.6. The van der Waals surface area contributed by atoms with Crippen molar-refractivity contribution in [1.29, 1.82) is 0 Å². The molecule has 2 aliphatic rings. The van der Waals surface area contributed by atoms with Crippen LogP contribution in [-0.2, 0) is 30.3 Å². The SMILES string of the molecule is C[C@@H](C(=O)N[C@H](C(=O)N1C[C@@H](C(=O)O)C[C@H]1C(=O)N[C@@H]1CCCc2ccccc21)C(C)(C)C)N(C)C(=O)OC(C)(C)C. The van der Waals surface area contributed by atoms with Gasteiger partial charge in [0.2, 0.25) is 17.7 Å². The molecule has 42 heavy (non-hydrogen) atoms. The van der Waals surface area contributed by atoms with E-state index in [1.165, 1.54) is 18.9 Å². The first kappa shape index (κ1) is 32.9. The lowest BCUT2D eigenvalue weighted by atomic mass is 9.85. The Hall–Kier alpha value is -3.63. The van der Waals surface area contributed by atoms with Gasteiger partial charge in [0.25, 0.3) is 0 Å². The van der Waals surface area contributed by atoms with E-state index in [2.05, 4.69) is 10.6 Å². The van der Waals surface area contributed by atoms with Crippen molar-refractivity contribution >= 4 is 29.8 Å². The summed E-state index contributed by atoms with van der Waals surface area (Å²) in [7, 11) is 1.44. The lowest BCUT2D eigenvalue weighted by Crippen LogP contribution is -2.60. The molecular formula is C31H46N4O7. The zero-order valence-corrected chi connectivity index (χ0v) is 26.0. The number of likely N-dealkylation sites (tertiary alicyclic amines) is 1. The van der Waals surface area contributed by atoms with E-state index >= 15 is 0 Å². The molecule has 1 fully saturated rings. The summed E-state index contributed by atoms with van der Waals surface area (Å²) >= 11 is 0. The van der Waals surface area contributed by atoms with Gasteiger partial charge in [-0.3, -0.25) is 24.1 Å². The molecule has 1 aromatic rings. The maximum absolute atomic E-state index is 14.0. The van der Waals surface area contributed by atoms with Gasteiger partial charge in [-0.25, -0.2) is 4.79 Å². The van der Waals surface area contributed by atoms with Gasteiger partial charge in [-0.15, -0.1) is 0 Å². The molecule has 11 nitrogen and oxygen atoms in total. The van der Waals surface area contributed by atoms with Crippen LogP contribution >= 0.6 is 0 Å². The molecule has 3 rings (SSSR count). The number of nitrogens with one attached hydrogen (secondary N) is 2. The van der Waals surface area contributed by atoms with Crippen molar-refractivity contribution in [2.45, 2.75) is 104 Å². The second kappa shape index (κ2) is 12.7. The highest BCUT2D eigenvalue weighted by Gasteiger charge is 2.47. The first-order valence-corrected chi connectivity index (χ1v) is 14.6. The van der Waals surface area contributed by atoms with E-state index in [0.717, 1.165) is 35.3 Å². The number of carbonyl (C=O) groups excluding carboxylic acids is 4. The molecule has 5 atom stereocenters. The van der Waals surface area contributed by atoms with E-state index in [-0.39, 0.29) is 19.0 Å². The fourth-order valence-electron chi connectivity index (χ4n) is 5.42. The van der Waals surface area contributed by atoms with Crippen LogP contribution in [0.1, 0.15) is 84.9 Å². The number of aliphatic carboxylic acids is 1. The molecule has 0 aromatic heterocycles. The number of hydrogen-bond acceptors (Lipinski definition) is 6. The molecule has 11 heteroatoms. The summed E-state index contributed by atoms with van der Waals surface area (Å²) < 4.78 is 5.36. The van der Waals surface area contributed by atoms with Crippen LogP contribution in [0.3, 0.4) is 0 Å². The minimum atomic E-state index is -1.09. The maximum Gasteiger partial charge on any atom is 0.410 e. The van der Waals surface area contributed by atoms with E-state index in [1.807, 2.05) is 24.3 Å². The number of carboxylic acids is 1. The number of carbonyl (C=O) groups is 5. The summed E-state index contributed by atoms with van der Waals surface area (Å²) in [4.78, 5) is 67.9. The summed E-state index contributed by atoms with van der Waals surface area (Å²) in [6.07, 6.45) is 1.86. The predicted octanol–water partition coefficient (Wildman–Crippen LogP) is 3.27. The van der Waals surface area contributed by atoms with Crippen molar-refractivity contribution in [3.05, 3.63) is 35.4 Å². The zero-order chi connectivity index (χ0) is 31.6. The average molecular weight is 587 g/mol. The molecule has 0 spiro atoms. The third kappa shape index (κ3) is 7.80. The minimum absolute atomic E-state index is 0.0239. The summed E-state index contributed by atoms with van der Waals surface area (Å²) in [6, 6.07) is 4.63. The normalized spacial score (nSPS) is 21.9. The van der Waals surface area contributed by atoms with Gasteiger partial charge < -0.3 is 25.4 Å². The number of hydrogen-bond donors (Lipinski definition) is 3. The number of rotatable bonds is 7. The maximum atomic E-state index is 14.0. The molecule has 0 saturated carbocycles. The van der Waals surface area contributed by atoms with E-state index in [0.29, 0.717) is 0 Å². The van der Waals surface area contributed by atoms with E-state index in [9.17, 15) is 29.1 Å². The van der Waals surface area contributed by atoms with Crippen molar-refractivity contribution in [3.8, 4) is 0 Å². The number of carboxylic acid groups (broad SMARTS) is 1. The van der Waals surface area contributed by atoms with E-state index < -0.39 is 64.8 Å². The fraction of sp³-hybridized carbons (Fsp3) is 0.645. The van der Waals surface area contributed by atoms with E-state index in [1.54, 1.807) is 41.5 Å². The molecule has 1 heterocycles. The smallest absolute Gasteiger partial charge is 0.410 e. The third-order valence-corrected chi connectivity index (χ3v) is 7.96. The second-order valence-corrected chi connectivity index (χ2v) is 13.5. The number of aryl methyl sites for hydroxylation is 1. The van der Waals surface area contributed by atoms with E-state index in [4.69, 9.17) is 4.74 Å². The van der Waals surface area contributed by atoms with Gasteiger partial charge in [0, 0.05) is 13.6 Å². The Balaban J connectivity index is 1.81. The summed E-state index contributed by atoms with van der Waals surface area (Å²) in [5, 5.41) is 15.6. The van der Waals surface area contributed by atoms with Crippen LogP contribution in [0.25, 0.3) is 0 Å². The number of ether oxygens (including phenoxy) is 1. The quantitative estimate of drug-likeness (QED) is 0.445. The molecule has 1 aromatic carbocycles. The highest BCUT2D eigenvalue weighted by Crippen LogP contribution is 2.32. The van der Waals surface area contributed by atoms with Gasteiger partial charge in [-0.2, -0.15) is 0 Å². The Morgan fingerprint density at radius 3 is 2.31 bits per heavy atom. The second-order valence-electron chi connectivity index (χ2n) is 13.5. The van der Waals surface area contributed by atoms with Crippen LogP contribution in [0.2, 0.25) is 0 Å². The molecule has 0 bridgehead atoms. The molecular weight excluding hydrogens is 540 g/mol. The van der Waals surface area contributed by atoms with Crippen molar-refractivity contribution < 1.29 is 33.8 Å². The van der Waals surface area contributed by atoms with Crippen molar-refractivity contribution in [1.82, 2.24) is 20.4 Å². The summed E-state index contributed by atoms with van der Waals surface area (Å²) in [5.41, 5.74) is 0.655. The van der Waals surface area contributed by atoms with Crippen molar-refractivity contribution in [2.24, 2.45) is 11.3 Å². The van der Waals surface area contributed by atoms with Gasteiger partial charge in [0.05, 0.1) is 12.0 Å². The van der Waals surface area contributed by atoms with Crippen molar-refractivity contribution in [2.75, 3.05) is 13.6 Å². The van der Waals surface area contributed by atoms with Gasteiger partial charge in [0.1, 0.15) is 23.7 Å². The highest BCUT2D eigenvalue weighted by molar-refractivity contribution is 5.95. The topological polar surface area (TPSA) is 145 Å². The molecule has 4 amide bonds. The number of benzene rings is 1. The zero-order valence-electron chi connectivity index (χ0n) is 26.0. The summed E-state index contributed by atoms with van der Waals surface area (Å²) in [5.74, 6) is -3.54. The Morgan fingerprint density at radius 2 is 1.71 bits per heavy atom. The Kier molecular flexibility index (Phi) is 9.95. The van der Waals surface area contributed by atoms with Gasteiger partial charge in [-0.05, 0) is 69.9 Å². The lowest BCUT2D eigenvalue weighted by Gasteiger charge is -2.37. The Morgan fingerprint density at radius 1 is 1.07 bits per heavy atom. The molecule has 0 unspecified atom stereocenters. The first-order valence-electron chi connectivity index (χ1n) is 14.6. The van der Waals surface area contributed by atoms with Crippen LogP contribution in [0.4, 0.5) is 4.79 Å². The van der Waals surface area contributed by atoms with Crippen LogP contribution in [0, 0.1) is 11.3 Å². The van der Waals surface area contributed by atoms with Crippen LogP contribution in [0.5, 0.6) is 0 Å². The monoisotopic (exact) mass is 586 g/mol. The number of likely N-dealkylation sites (N-methyl/N-ethyl adjacent to an activating group) is 1. The number of fused-ring (bicyclic) bond motifs is 1. The Labute approximate surface area is 248 Å². The average Bonchev–Trinajstić information content (AvgIpc) is 3.35.